The average Bonchev–Trinajstić information content (AvgIpc) is 3.02. The van der Waals surface area contributed by atoms with Crippen molar-refractivity contribution in [2.45, 2.75) is 19.5 Å². The van der Waals surface area contributed by atoms with E-state index in [1.54, 1.807) is 4.90 Å². The number of amides is 1. The fourth-order valence-corrected chi connectivity index (χ4v) is 4.49. The first-order chi connectivity index (χ1) is 14.9. The van der Waals surface area contributed by atoms with Crippen molar-refractivity contribution in [3.8, 4) is 0 Å². The van der Waals surface area contributed by atoms with Gasteiger partial charge in [0.2, 0.25) is 5.76 Å². The Bertz CT molecular complexity index is 1390. The van der Waals surface area contributed by atoms with Crippen molar-refractivity contribution in [3.05, 3.63) is 115 Å². The summed E-state index contributed by atoms with van der Waals surface area (Å²) in [6, 6.07) is 18.5. The van der Waals surface area contributed by atoms with Crippen LogP contribution in [0.2, 0.25) is 0 Å². The van der Waals surface area contributed by atoms with Crippen LogP contribution in [0.1, 0.15) is 38.9 Å². The van der Waals surface area contributed by atoms with Crippen molar-refractivity contribution in [1.82, 2.24) is 4.90 Å². The molecule has 4 aromatic rings. The molecule has 0 N–H and O–H groups in total. The van der Waals surface area contributed by atoms with Crippen LogP contribution < -0.4 is 5.43 Å². The minimum absolute atomic E-state index is 0.0150. The molecule has 0 saturated carbocycles. The van der Waals surface area contributed by atoms with Gasteiger partial charge >= 0.3 is 0 Å². The highest BCUT2D eigenvalue weighted by Crippen LogP contribution is 2.39. The number of hydrogen-bond donors (Lipinski definition) is 0. The number of rotatable bonds is 3. The molecule has 1 amide bonds. The van der Waals surface area contributed by atoms with E-state index in [9.17, 15) is 14.0 Å². The van der Waals surface area contributed by atoms with Crippen LogP contribution >= 0.6 is 15.9 Å². The molecule has 4 nitrogen and oxygen atoms in total. The van der Waals surface area contributed by atoms with Crippen LogP contribution in [-0.4, -0.2) is 10.8 Å². The molecule has 0 bridgehead atoms. The van der Waals surface area contributed by atoms with Crippen LogP contribution in [0.3, 0.4) is 0 Å². The van der Waals surface area contributed by atoms with Crippen molar-refractivity contribution >= 4 is 32.8 Å². The summed E-state index contributed by atoms with van der Waals surface area (Å²) in [5, 5.41) is 0.128. The van der Waals surface area contributed by atoms with Crippen LogP contribution in [0.5, 0.6) is 0 Å². The number of halogens is 2. The number of fused-ring (bicyclic) bond motifs is 2. The molecule has 1 aromatic heterocycles. The van der Waals surface area contributed by atoms with Crippen molar-refractivity contribution in [3.63, 3.8) is 0 Å². The average molecular weight is 478 g/mol. The summed E-state index contributed by atoms with van der Waals surface area (Å²) in [6.45, 7) is 2.31. The number of carbonyl (C=O) groups excluding carboxylic acids is 1. The zero-order chi connectivity index (χ0) is 21.7. The van der Waals surface area contributed by atoms with Gasteiger partial charge in [-0.1, -0.05) is 57.9 Å². The standard InChI is InChI=1S/C25H17BrFNO3/c1-14-5-7-15(8-6-14)13-28-22(16-3-2-4-17(26)11-16)21-23(29)19-12-18(27)9-10-20(19)31-24(21)25(28)30/h2-12,22H,13H2,1H3/t22-/m1/s1. The quantitative estimate of drug-likeness (QED) is 0.377. The molecule has 0 unspecified atom stereocenters. The molecule has 3 aromatic carbocycles. The highest BCUT2D eigenvalue weighted by Gasteiger charge is 2.42. The van der Waals surface area contributed by atoms with Gasteiger partial charge in [-0.25, -0.2) is 4.39 Å². The molecule has 0 spiro atoms. The zero-order valence-corrected chi connectivity index (χ0v) is 18.1. The van der Waals surface area contributed by atoms with E-state index in [4.69, 9.17) is 4.42 Å². The Morgan fingerprint density at radius 1 is 1.03 bits per heavy atom. The molecule has 5 rings (SSSR count). The number of nitrogens with zero attached hydrogens (tertiary/aromatic N) is 1. The van der Waals surface area contributed by atoms with Gasteiger partial charge in [0.25, 0.3) is 5.91 Å². The number of carbonyl (C=O) groups is 1. The van der Waals surface area contributed by atoms with Crippen LogP contribution in [-0.2, 0) is 6.54 Å². The highest BCUT2D eigenvalue weighted by atomic mass is 79.9. The molecule has 0 radical (unpaired) electrons. The van der Waals surface area contributed by atoms with Gasteiger partial charge in [-0.3, -0.25) is 9.59 Å². The summed E-state index contributed by atoms with van der Waals surface area (Å²) in [5.41, 5.74) is 2.89. The molecule has 0 saturated heterocycles. The van der Waals surface area contributed by atoms with Gasteiger partial charge in [0.05, 0.1) is 17.0 Å². The third-order valence-corrected chi connectivity index (χ3v) is 6.06. The van der Waals surface area contributed by atoms with E-state index in [1.807, 2.05) is 55.5 Å². The first-order valence-corrected chi connectivity index (χ1v) is 10.6. The fraction of sp³-hybridized carbons (Fsp3) is 0.120. The summed E-state index contributed by atoms with van der Waals surface area (Å²) >= 11 is 3.47. The first kappa shape index (κ1) is 19.7. The van der Waals surface area contributed by atoms with Crippen molar-refractivity contribution < 1.29 is 13.6 Å². The molecule has 154 valence electrons. The second-order valence-corrected chi connectivity index (χ2v) is 8.61. The lowest BCUT2D eigenvalue weighted by Crippen LogP contribution is -2.29. The molecule has 2 heterocycles. The SMILES string of the molecule is Cc1ccc(CN2C(=O)c3oc4ccc(F)cc4c(=O)c3[C@H]2c2cccc(Br)c2)cc1. The maximum Gasteiger partial charge on any atom is 0.291 e. The Kier molecular flexibility index (Phi) is 4.74. The van der Waals surface area contributed by atoms with Gasteiger partial charge in [-0.05, 0) is 48.4 Å². The van der Waals surface area contributed by atoms with E-state index in [2.05, 4.69) is 15.9 Å². The molecule has 1 aliphatic heterocycles. The molecule has 1 aliphatic rings. The van der Waals surface area contributed by atoms with Crippen LogP contribution in [0.4, 0.5) is 4.39 Å². The minimum atomic E-state index is -0.634. The van der Waals surface area contributed by atoms with E-state index in [-0.39, 0.29) is 33.6 Å². The van der Waals surface area contributed by atoms with Crippen molar-refractivity contribution in [1.29, 1.82) is 0 Å². The maximum atomic E-state index is 13.9. The summed E-state index contributed by atoms with van der Waals surface area (Å²) in [7, 11) is 0. The highest BCUT2D eigenvalue weighted by molar-refractivity contribution is 9.10. The number of hydrogen-bond acceptors (Lipinski definition) is 3. The molecular weight excluding hydrogens is 461 g/mol. The van der Waals surface area contributed by atoms with E-state index >= 15 is 0 Å². The zero-order valence-electron chi connectivity index (χ0n) is 16.6. The van der Waals surface area contributed by atoms with Gasteiger partial charge < -0.3 is 9.32 Å². The Labute approximate surface area is 186 Å². The predicted molar refractivity (Wildman–Crippen MR) is 119 cm³/mol. The molecule has 6 heteroatoms. The lowest BCUT2D eigenvalue weighted by molar-refractivity contribution is 0.0714. The summed E-state index contributed by atoms with van der Waals surface area (Å²) in [4.78, 5) is 28.5. The van der Waals surface area contributed by atoms with E-state index in [0.29, 0.717) is 6.54 Å². The summed E-state index contributed by atoms with van der Waals surface area (Å²) < 4.78 is 20.5. The van der Waals surface area contributed by atoms with E-state index in [0.717, 1.165) is 27.2 Å². The number of aryl methyl sites for hydroxylation is 1. The minimum Gasteiger partial charge on any atom is -0.450 e. The number of benzene rings is 3. The Morgan fingerprint density at radius 2 is 1.81 bits per heavy atom. The maximum absolute atomic E-state index is 13.9. The van der Waals surface area contributed by atoms with E-state index < -0.39 is 11.9 Å². The topological polar surface area (TPSA) is 50.5 Å². The van der Waals surface area contributed by atoms with Gasteiger partial charge in [0, 0.05) is 11.0 Å². The van der Waals surface area contributed by atoms with Crippen LogP contribution in [0.25, 0.3) is 11.0 Å². The van der Waals surface area contributed by atoms with Gasteiger partial charge in [-0.15, -0.1) is 0 Å². The summed E-state index contributed by atoms with van der Waals surface area (Å²) in [6.07, 6.45) is 0. The molecule has 1 atom stereocenters. The lowest BCUT2D eigenvalue weighted by Gasteiger charge is -2.25. The second-order valence-electron chi connectivity index (χ2n) is 7.69. The third-order valence-electron chi connectivity index (χ3n) is 5.57. The Balaban J connectivity index is 1.73. The second kappa shape index (κ2) is 7.46. The van der Waals surface area contributed by atoms with Gasteiger partial charge in [-0.2, -0.15) is 0 Å². The Hall–Kier alpha value is -3.25. The van der Waals surface area contributed by atoms with Crippen molar-refractivity contribution in [2.75, 3.05) is 0 Å². The normalized spacial score (nSPS) is 15.5. The third kappa shape index (κ3) is 3.37. The lowest BCUT2D eigenvalue weighted by atomic mass is 9.98. The molecular formula is C25H17BrFNO3. The van der Waals surface area contributed by atoms with Gasteiger partial charge in [0.15, 0.2) is 5.43 Å². The fourth-order valence-electron chi connectivity index (χ4n) is 4.07. The monoisotopic (exact) mass is 477 g/mol. The predicted octanol–water partition coefficient (Wildman–Crippen LogP) is 5.75. The Morgan fingerprint density at radius 3 is 2.55 bits per heavy atom. The summed E-state index contributed by atoms with van der Waals surface area (Å²) in [5.74, 6) is -0.871. The van der Waals surface area contributed by atoms with Crippen LogP contribution in [0.15, 0.2) is 80.4 Å². The molecule has 0 aliphatic carbocycles. The largest absolute Gasteiger partial charge is 0.450 e. The van der Waals surface area contributed by atoms with E-state index in [1.165, 1.54) is 12.1 Å². The molecule has 0 fully saturated rings. The van der Waals surface area contributed by atoms with Crippen molar-refractivity contribution in [2.24, 2.45) is 0 Å². The molecule has 31 heavy (non-hydrogen) atoms. The van der Waals surface area contributed by atoms with Gasteiger partial charge in [0.1, 0.15) is 11.4 Å². The smallest absolute Gasteiger partial charge is 0.291 e. The first-order valence-electron chi connectivity index (χ1n) is 9.80. The van der Waals surface area contributed by atoms with Crippen LogP contribution in [0, 0.1) is 12.7 Å².